The fourth-order valence-electron chi connectivity index (χ4n) is 4.79. The summed E-state index contributed by atoms with van der Waals surface area (Å²) in [7, 11) is 0. The van der Waals surface area contributed by atoms with E-state index in [0.29, 0.717) is 10.9 Å². The first-order valence-corrected chi connectivity index (χ1v) is 12.6. The third-order valence-corrected chi connectivity index (χ3v) is 6.63. The van der Waals surface area contributed by atoms with Crippen molar-refractivity contribution in [3.8, 4) is 5.75 Å². The van der Waals surface area contributed by atoms with Crippen molar-refractivity contribution in [2.24, 2.45) is 0 Å². The Morgan fingerprint density at radius 1 is 1.00 bits per heavy atom. The van der Waals surface area contributed by atoms with Crippen molar-refractivity contribution in [3.05, 3.63) is 76.1 Å². The molecule has 2 fully saturated rings. The standard InChI is InChI=1S/C27H26ClNO8/c1-2-33-27(32)22-23(37-20-15-35-24-19(14-34-25(20)24)36-21(30)12-28)17-10-6-7-11-18(17)29(26(22)31)13-16-8-4-3-5-9-16/h3-11,19-20,24-25H,2,12-15H2,1H3/t19-,20?,24+,25+/m0/s1. The molecule has 194 valence electrons. The van der Waals surface area contributed by atoms with E-state index in [0.717, 1.165) is 5.56 Å². The summed E-state index contributed by atoms with van der Waals surface area (Å²) in [5, 5.41) is 0.577. The molecule has 1 aromatic heterocycles. The first kappa shape index (κ1) is 25.3. The summed E-state index contributed by atoms with van der Waals surface area (Å²) >= 11 is 5.56. The van der Waals surface area contributed by atoms with Crippen LogP contribution < -0.4 is 10.3 Å². The van der Waals surface area contributed by atoms with E-state index in [2.05, 4.69) is 0 Å². The Hall–Kier alpha value is -3.40. The second kappa shape index (κ2) is 10.9. The summed E-state index contributed by atoms with van der Waals surface area (Å²) in [6, 6.07) is 16.7. The van der Waals surface area contributed by atoms with Gasteiger partial charge in [0.1, 0.15) is 23.8 Å². The number of nitrogens with zero attached hydrogens (tertiary/aromatic N) is 1. The van der Waals surface area contributed by atoms with Crippen molar-refractivity contribution in [2.45, 2.75) is 37.9 Å². The fraction of sp³-hybridized carbons (Fsp3) is 0.370. The number of carbonyl (C=O) groups is 2. The molecule has 2 aliphatic heterocycles. The van der Waals surface area contributed by atoms with Crippen molar-refractivity contribution in [1.29, 1.82) is 0 Å². The predicted molar refractivity (Wildman–Crippen MR) is 134 cm³/mol. The summed E-state index contributed by atoms with van der Waals surface area (Å²) in [4.78, 5) is 38.5. The van der Waals surface area contributed by atoms with Gasteiger partial charge in [-0.05, 0) is 24.6 Å². The molecule has 0 saturated carbocycles. The van der Waals surface area contributed by atoms with Crippen LogP contribution in [-0.4, -0.2) is 66.6 Å². The molecule has 3 aromatic rings. The van der Waals surface area contributed by atoms with E-state index in [1.54, 1.807) is 17.6 Å². The van der Waals surface area contributed by atoms with E-state index in [1.807, 2.05) is 48.5 Å². The minimum atomic E-state index is -0.771. The van der Waals surface area contributed by atoms with Gasteiger partial charge in [0, 0.05) is 5.39 Å². The Balaban J connectivity index is 1.55. The second-order valence-electron chi connectivity index (χ2n) is 8.73. The van der Waals surface area contributed by atoms with Crippen LogP contribution in [0.5, 0.6) is 5.75 Å². The Labute approximate surface area is 217 Å². The number of para-hydroxylation sites is 1. The van der Waals surface area contributed by atoms with Gasteiger partial charge in [-0.3, -0.25) is 9.59 Å². The summed E-state index contributed by atoms with van der Waals surface area (Å²) in [6.45, 7) is 2.28. The lowest BCUT2D eigenvalue weighted by molar-refractivity contribution is -0.150. The van der Waals surface area contributed by atoms with Gasteiger partial charge in [-0.1, -0.05) is 42.5 Å². The van der Waals surface area contributed by atoms with Crippen LogP contribution in [-0.2, 0) is 30.3 Å². The van der Waals surface area contributed by atoms with Crippen molar-refractivity contribution in [3.63, 3.8) is 0 Å². The second-order valence-corrected chi connectivity index (χ2v) is 9.00. The molecule has 0 spiro atoms. The normalized spacial score (nSPS) is 22.5. The molecular weight excluding hydrogens is 502 g/mol. The van der Waals surface area contributed by atoms with Crippen LogP contribution in [0.4, 0.5) is 0 Å². The molecule has 1 unspecified atom stereocenters. The first-order valence-electron chi connectivity index (χ1n) is 12.0. The number of hydrogen-bond donors (Lipinski definition) is 0. The molecule has 0 N–H and O–H groups in total. The summed E-state index contributed by atoms with van der Waals surface area (Å²) in [6.07, 6.45) is -2.38. The van der Waals surface area contributed by atoms with E-state index in [9.17, 15) is 14.4 Å². The van der Waals surface area contributed by atoms with Gasteiger partial charge in [-0.25, -0.2) is 4.79 Å². The average molecular weight is 528 g/mol. The Morgan fingerprint density at radius 2 is 1.68 bits per heavy atom. The first-order chi connectivity index (χ1) is 18.0. The number of fused-ring (bicyclic) bond motifs is 2. The molecule has 2 aliphatic rings. The molecule has 9 nitrogen and oxygen atoms in total. The van der Waals surface area contributed by atoms with Gasteiger partial charge in [0.25, 0.3) is 5.56 Å². The molecule has 2 saturated heterocycles. The van der Waals surface area contributed by atoms with Crippen molar-refractivity contribution < 1.29 is 33.3 Å². The van der Waals surface area contributed by atoms with Gasteiger partial charge in [-0.15, -0.1) is 11.6 Å². The van der Waals surface area contributed by atoms with E-state index in [1.165, 1.54) is 0 Å². The van der Waals surface area contributed by atoms with Crippen LogP contribution >= 0.6 is 11.6 Å². The van der Waals surface area contributed by atoms with Crippen LogP contribution in [0.25, 0.3) is 10.9 Å². The van der Waals surface area contributed by atoms with Crippen LogP contribution in [0, 0.1) is 0 Å². The number of alkyl halides is 1. The number of benzene rings is 2. The summed E-state index contributed by atoms with van der Waals surface area (Å²) in [5.74, 6) is -1.50. The summed E-state index contributed by atoms with van der Waals surface area (Å²) < 4.78 is 30.2. The van der Waals surface area contributed by atoms with Gasteiger partial charge >= 0.3 is 11.9 Å². The minimum absolute atomic E-state index is 0.0944. The summed E-state index contributed by atoms with van der Waals surface area (Å²) in [5.41, 5.74) is 0.800. The largest absolute Gasteiger partial charge is 0.483 e. The fourth-order valence-corrected chi connectivity index (χ4v) is 4.85. The third kappa shape index (κ3) is 4.94. The zero-order valence-corrected chi connectivity index (χ0v) is 20.9. The van der Waals surface area contributed by atoms with Crippen molar-refractivity contribution in [2.75, 3.05) is 25.7 Å². The number of rotatable bonds is 8. The number of ether oxygens (including phenoxy) is 5. The molecule has 0 aliphatic carbocycles. The van der Waals surface area contributed by atoms with E-state index < -0.39 is 41.9 Å². The lowest BCUT2D eigenvalue weighted by atomic mass is 10.1. The third-order valence-electron chi connectivity index (χ3n) is 6.41. The van der Waals surface area contributed by atoms with Gasteiger partial charge in [0.05, 0.1) is 31.9 Å². The van der Waals surface area contributed by atoms with Gasteiger partial charge in [0.15, 0.2) is 17.8 Å². The van der Waals surface area contributed by atoms with E-state index >= 15 is 0 Å². The molecule has 3 heterocycles. The highest BCUT2D eigenvalue weighted by Gasteiger charge is 2.51. The van der Waals surface area contributed by atoms with Crippen molar-refractivity contribution in [1.82, 2.24) is 4.57 Å². The minimum Gasteiger partial charge on any atom is -0.483 e. The number of carbonyl (C=O) groups excluding carboxylic acids is 2. The number of aromatic nitrogens is 1. The number of pyridine rings is 1. The van der Waals surface area contributed by atoms with Crippen LogP contribution in [0.3, 0.4) is 0 Å². The van der Waals surface area contributed by atoms with E-state index in [-0.39, 0.29) is 43.6 Å². The number of hydrogen-bond acceptors (Lipinski definition) is 8. The zero-order chi connectivity index (χ0) is 25.9. The molecule has 4 atom stereocenters. The predicted octanol–water partition coefficient (Wildman–Crippen LogP) is 2.92. The quantitative estimate of drug-likeness (QED) is 0.325. The van der Waals surface area contributed by atoms with Gasteiger partial charge in [-0.2, -0.15) is 0 Å². The maximum Gasteiger partial charge on any atom is 0.347 e. The SMILES string of the molecule is CCOC(=O)c1c(OC2CO[C@@H]3[C@@H](OC(=O)CCl)CO[C@H]23)c2ccccc2n(Cc2ccccc2)c1=O. The van der Waals surface area contributed by atoms with Gasteiger partial charge in [0.2, 0.25) is 0 Å². The van der Waals surface area contributed by atoms with E-state index in [4.69, 9.17) is 35.3 Å². The monoisotopic (exact) mass is 527 g/mol. The smallest absolute Gasteiger partial charge is 0.347 e. The molecule has 10 heteroatoms. The maximum absolute atomic E-state index is 13.8. The average Bonchev–Trinajstić information content (AvgIpc) is 3.50. The molecule has 0 radical (unpaired) electrons. The number of halogens is 1. The maximum atomic E-state index is 13.8. The Kier molecular flexibility index (Phi) is 7.45. The Bertz CT molecular complexity index is 1360. The highest BCUT2D eigenvalue weighted by Crippen LogP contribution is 2.35. The molecule has 0 bridgehead atoms. The van der Waals surface area contributed by atoms with Crippen LogP contribution in [0.15, 0.2) is 59.4 Å². The molecule has 0 amide bonds. The zero-order valence-electron chi connectivity index (χ0n) is 20.1. The highest BCUT2D eigenvalue weighted by atomic mass is 35.5. The lowest BCUT2D eigenvalue weighted by Gasteiger charge is -2.22. The molecule has 2 aromatic carbocycles. The molecule has 5 rings (SSSR count). The molecular formula is C27H26ClNO8. The molecule has 37 heavy (non-hydrogen) atoms. The van der Waals surface area contributed by atoms with Crippen molar-refractivity contribution >= 4 is 34.4 Å². The highest BCUT2D eigenvalue weighted by molar-refractivity contribution is 6.26. The lowest BCUT2D eigenvalue weighted by Crippen LogP contribution is -2.37. The number of esters is 2. The van der Waals surface area contributed by atoms with Crippen LogP contribution in [0.1, 0.15) is 22.8 Å². The Morgan fingerprint density at radius 3 is 2.41 bits per heavy atom. The van der Waals surface area contributed by atoms with Gasteiger partial charge < -0.3 is 28.3 Å². The van der Waals surface area contributed by atoms with Crippen LogP contribution in [0.2, 0.25) is 0 Å². The topological polar surface area (TPSA) is 102 Å².